The van der Waals surface area contributed by atoms with Crippen LogP contribution in [0.4, 0.5) is 0 Å². The van der Waals surface area contributed by atoms with Crippen LogP contribution in [0.15, 0.2) is 11.5 Å². The van der Waals surface area contributed by atoms with Gasteiger partial charge in [0, 0.05) is 0 Å². The van der Waals surface area contributed by atoms with E-state index in [1.807, 2.05) is 0 Å². The van der Waals surface area contributed by atoms with Crippen molar-refractivity contribution in [3.05, 3.63) is 11.5 Å². The molecular formula is C12H21BO3. The largest absolute Gasteiger partial charge is 0.490 e. The van der Waals surface area contributed by atoms with Crippen LogP contribution in [0.3, 0.4) is 0 Å². The first-order valence-corrected chi connectivity index (χ1v) is 5.98. The molecule has 1 atom stereocenters. The van der Waals surface area contributed by atoms with Crippen LogP contribution in [-0.4, -0.2) is 31.0 Å². The van der Waals surface area contributed by atoms with E-state index in [1.165, 1.54) is 5.47 Å². The molecule has 3 nitrogen and oxygen atoms in total. The second kappa shape index (κ2) is 3.86. The summed E-state index contributed by atoms with van der Waals surface area (Å²) in [5.41, 5.74) is 0.720. The summed E-state index contributed by atoms with van der Waals surface area (Å²) in [6.45, 7) is 11.1. The summed E-state index contributed by atoms with van der Waals surface area (Å²) in [5, 5.41) is 0. The van der Waals surface area contributed by atoms with Crippen LogP contribution >= 0.6 is 0 Å². The number of ether oxygens (including phenoxy) is 1. The fourth-order valence-corrected chi connectivity index (χ4v) is 1.98. The Bertz CT molecular complexity index is 293. The fourth-order valence-electron chi connectivity index (χ4n) is 1.98. The Balaban J connectivity index is 2.11. The number of hydrogen-bond acceptors (Lipinski definition) is 3. The highest BCUT2D eigenvalue weighted by atomic mass is 16.7. The van der Waals surface area contributed by atoms with Crippen LogP contribution in [0.1, 0.15) is 41.0 Å². The van der Waals surface area contributed by atoms with E-state index in [1.54, 1.807) is 0 Å². The average Bonchev–Trinajstić information content (AvgIpc) is 2.36. The highest BCUT2D eigenvalue weighted by molar-refractivity contribution is 6.54. The summed E-state index contributed by atoms with van der Waals surface area (Å²) in [5.74, 6) is 0. The van der Waals surface area contributed by atoms with Gasteiger partial charge in [0.05, 0.1) is 23.9 Å². The van der Waals surface area contributed by atoms with E-state index < -0.39 is 0 Å². The van der Waals surface area contributed by atoms with Gasteiger partial charge in [-0.25, -0.2) is 0 Å². The van der Waals surface area contributed by atoms with Gasteiger partial charge in [-0.05, 0) is 46.5 Å². The molecule has 0 radical (unpaired) electrons. The minimum Gasteiger partial charge on any atom is -0.400 e. The molecule has 1 saturated heterocycles. The van der Waals surface area contributed by atoms with Crippen LogP contribution in [0.25, 0.3) is 0 Å². The molecular weight excluding hydrogens is 203 g/mol. The highest BCUT2D eigenvalue weighted by Crippen LogP contribution is 2.39. The molecule has 2 rings (SSSR count). The van der Waals surface area contributed by atoms with E-state index in [0.717, 1.165) is 6.42 Å². The van der Waals surface area contributed by atoms with Crippen molar-refractivity contribution < 1.29 is 14.0 Å². The van der Waals surface area contributed by atoms with E-state index in [4.69, 9.17) is 14.0 Å². The van der Waals surface area contributed by atoms with Crippen LogP contribution < -0.4 is 0 Å². The van der Waals surface area contributed by atoms with Crippen molar-refractivity contribution in [2.24, 2.45) is 0 Å². The van der Waals surface area contributed by atoms with Gasteiger partial charge in [-0.3, -0.25) is 0 Å². The van der Waals surface area contributed by atoms with E-state index in [0.29, 0.717) is 6.61 Å². The molecule has 0 aromatic heterocycles. The lowest BCUT2D eigenvalue weighted by Crippen LogP contribution is -2.41. The number of rotatable bonds is 1. The molecule has 2 heterocycles. The zero-order valence-electron chi connectivity index (χ0n) is 10.9. The maximum absolute atomic E-state index is 6.01. The first-order valence-electron chi connectivity index (χ1n) is 5.98. The molecule has 0 bridgehead atoms. The Hall–Kier alpha value is -0.315. The molecule has 0 N–H and O–H groups in total. The maximum Gasteiger partial charge on any atom is 0.490 e. The van der Waals surface area contributed by atoms with Gasteiger partial charge < -0.3 is 14.0 Å². The lowest BCUT2D eigenvalue weighted by atomic mass is 9.74. The molecule has 4 heteroatoms. The van der Waals surface area contributed by atoms with Gasteiger partial charge in [0.25, 0.3) is 0 Å². The third-order valence-electron chi connectivity index (χ3n) is 3.81. The second-order valence-electron chi connectivity index (χ2n) is 5.72. The molecule has 0 spiro atoms. The molecule has 1 unspecified atom stereocenters. The third-order valence-corrected chi connectivity index (χ3v) is 3.81. The molecule has 16 heavy (non-hydrogen) atoms. The number of hydrogen-bond donors (Lipinski definition) is 0. The summed E-state index contributed by atoms with van der Waals surface area (Å²) in [6.07, 6.45) is 3.25. The quantitative estimate of drug-likeness (QED) is 0.640. The minimum atomic E-state index is -0.250. The van der Waals surface area contributed by atoms with Gasteiger partial charge in [-0.1, -0.05) is 6.08 Å². The Morgan fingerprint density at radius 2 is 1.75 bits per heavy atom. The molecule has 0 aromatic carbocycles. The molecule has 2 aliphatic heterocycles. The third kappa shape index (κ3) is 2.06. The smallest absolute Gasteiger partial charge is 0.400 e. The molecule has 0 saturated carbocycles. The van der Waals surface area contributed by atoms with Gasteiger partial charge in [0.15, 0.2) is 0 Å². The Morgan fingerprint density at radius 1 is 1.19 bits per heavy atom. The zero-order valence-corrected chi connectivity index (χ0v) is 10.9. The SMILES string of the molecule is CC1CC(B2OC(C)(C)C(C)(C)O2)=CCO1. The normalized spacial score (nSPS) is 32.7. The Morgan fingerprint density at radius 3 is 2.25 bits per heavy atom. The molecule has 2 aliphatic rings. The summed E-state index contributed by atoms with van der Waals surface area (Å²) >= 11 is 0. The van der Waals surface area contributed by atoms with E-state index in [9.17, 15) is 0 Å². The monoisotopic (exact) mass is 224 g/mol. The molecule has 0 aliphatic carbocycles. The van der Waals surface area contributed by atoms with Crippen LogP contribution in [-0.2, 0) is 14.0 Å². The predicted octanol–water partition coefficient (Wildman–Crippen LogP) is 2.35. The summed E-state index contributed by atoms with van der Waals surface area (Å²) < 4.78 is 17.5. The standard InChI is InChI=1S/C12H21BO3/c1-9-8-10(6-7-14-9)13-15-11(2,3)12(4,5)16-13/h6,9H,7-8H2,1-5H3. The maximum atomic E-state index is 6.01. The van der Waals surface area contributed by atoms with Gasteiger partial charge in [-0.15, -0.1) is 0 Å². The highest BCUT2D eigenvalue weighted by Gasteiger charge is 2.52. The van der Waals surface area contributed by atoms with Crippen molar-refractivity contribution in [1.29, 1.82) is 0 Å². The summed E-state index contributed by atoms with van der Waals surface area (Å²) in [4.78, 5) is 0. The van der Waals surface area contributed by atoms with E-state index in [2.05, 4.69) is 40.7 Å². The van der Waals surface area contributed by atoms with Gasteiger partial charge >= 0.3 is 7.12 Å². The topological polar surface area (TPSA) is 27.7 Å². The first-order chi connectivity index (χ1) is 7.32. The summed E-state index contributed by atoms with van der Waals surface area (Å²) in [6, 6.07) is 0. The van der Waals surface area contributed by atoms with Crippen LogP contribution in [0.5, 0.6) is 0 Å². The zero-order chi connectivity index (χ0) is 12.0. The van der Waals surface area contributed by atoms with Crippen molar-refractivity contribution in [3.63, 3.8) is 0 Å². The van der Waals surface area contributed by atoms with E-state index >= 15 is 0 Å². The first kappa shape index (κ1) is 12.2. The molecule has 0 aromatic rings. The Labute approximate surface area is 98.3 Å². The fraction of sp³-hybridized carbons (Fsp3) is 0.833. The van der Waals surface area contributed by atoms with Crippen molar-refractivity contribution in [2.75, 3.05) is 6.61 Å². The average molecular weight is 224 g/mol. The minimum absolute atomic E-state index is 0.198. The molecule has 0 amide bonds. The van der Waals surface area contributed by atoms with Crippen LogP contribution in [0.2, 0.25) is 0 Å². The summed E-state index contributed by atoms with van der Waals surface area (Å²) in [7, 11) is -0.198. The van der Waals surface area contributed by atoms with Crippen molar-refractivity contribution in [2.45, 2.75) is 58.3 Å². The van der Waals surface area contributed by atoms with Crippen molar-refractivity contribution in [1.82, 2.24) is 0 Å². The lowest BCUT2D eigenvalue weighted by molar-refractivity contribution is 0.00578. The lowest BCUT2D eigenvalue weighted by Gasteiger charge is -2.32. The van der Waals surface area contributed by atoms with Crippen molar-refractivity contribution in [3.8, 4) is 0 Å². The van der Waals surface area contributed by atoms with Gasteiger partial charge in [-0.2, -0.15) is 0 Å². The van der Waals surface area contributed by atoms with Gasteiger partial charge in [0.1, 0.15) is 0 Å². The van der Waals surface area contributed by atoms with Crippen molar-refractivity contribution >= 4 is 7.12 Å². The van der Waals surface area contributed by atoms with Crippen LogP contribution in [0, 0.1) is 0 Å². The molecule has 1 fully saturated rings. The predicted molar refractivity (Wildman–Crippen MR) is 64.2 cm³/mol. The molecule has 90 valence electrons. The van der Waals surface area contributed by atoms with Gasteiger partial charge in [0.2, 0.25) is 0 Å². The second-order valence-corrected chi connectivity index (χ2v) is 5.72. The Kier molecular flexibility index (Phi) is 2.93. The van der Waals surface area contributed by atoms with E-state index in [-0.39, 0.29) is 24.4 Å².